The fourth-order valence-electron chi connectivity index (χ4n) is 5.14. The van der Waals surface area contributed by atoms with Gasteiger partial charge in [-0.25, -0.2) is 4.98 Å². The van der Waals surface area contributed by atoms with Gasteiger partial charge in [-0.3, -0.25) is 4.79 Å². The molecule has 1 saturated carbocycles. The van der Waals surface area contributed by atoms with Crippen LogP contribution in [0.4, 0.5) is 0 Å². The van der Waals surface area contributed by atoms with E-state index >= 15 is 0 Å². The Hall–Kier alpha value is -2.53. The van der Waals surface area contributed by atoms with Gasteiger partial charge in [-0.2, -0.15) is 0 Å². The predicted octanol–water partition coefficient (Wildman–Crippen LogP) is 7.27. The quantitative estimate of drug-likeness (QED) is 0.246. The van der Waals surface area contributed by atoms with Crippen LogP contribution in [0.1, 0.15) is 75.6 Å². The topological polar surface area (TPSA) is 56.1 Å². The van der Waals surface area contributed by atoms with E-state index in [0.717, 1.165) is 92.1 Å². The third kappa shape index (κ3) is 7.49. The molecule has 0 atom stereocenters. The molecular formula is C30H40ClN3O2. The number of nitrogens with zero attached hydrogens (tertiary/aromatic N) is 2. The van der Waals surface area contributed by atoms with Gasteiger partial charge < -0.3 is 14.6 Å². The molecular weight excluding hydrogens is 470 g/mol. The van der Waals surface area contributed by atoms with Crippen LogP contribution in [0.5, 0.6) is 5.75 Å². The van der Waals surface area contributed by atoms with E-state index in [-0.39, 0.29) is 11.8 Å². The molecule has 1 aromatic heterocycles. The lowest BCUT2D eigenvalue weighted by Gasteiger charge is -2.20. The molecule has 6 heteroatoms. The molecule has 5 nitrogen and oxygen atoms in total. The molecule has 194 valence electrons. The second kappa shape index (κ2) is 13.7. The van der Waals surface area contributed by atoms with Gasteiger partial charge in [0, 0.05) is 30.5 Å². The highest BCUT2D eigenvalue weighted by molar-refractivity contribution is 6.31. The molecule has 0 radical (unpaired) electrons. The zero-order chi connectivity index (χ0) is 25.2. The first-order valence-corrected chi connectivity index (χ1v) is 14.1. The summed E-state index contributed by atoms with van der Waals surface area (Å²) >= 11 is 6.11. The van der Waals surface area contributed by atoms with E-state index in [9.17, 15) is 4.79 Å². The van der Waals surface area contributed by atoms with Crippen molar-refractivity contribution in [2.45, 2.75) is 84.1 Å². The summed E-state index contributed by atoms with van der Waals surface area (Å²) in [4.78, 5) is 17.2. The van der Waals surface area contributed by atoms with Crippen LogP contribution in [0, 0.1) is 12.8 Å². The van der Waals surface area contributed by atoms with Crippen LogP contribution in [0.3, 0.4) is 0 Å². The number of amides is 1. The number of carbonyl (C=O) groups excluding carboxylic acids is 1. The summed E-state index contributed by atoms with van der Waals surface area (Å²) in [6, 6.07) is 14.2. The van der Waals surface area contributed by atoms with E-state index in [0.29, 0.717) is 6.61 Å². The van der Waals surface area contributed by atoms with Crippen molar-refractivity contribution < 1.29 is 9.53 Å². The van der Waals surface area contributed by atoms with Crippen molar-refractivity contribution in [1.82, 2.24) is 14.9 Å². The van der Waals surface area contributed by atoms with Crippen molar-refractivity contribution in [3.8, 4) is 5.75 Å². The van der Waals surface area contributed by atoms with E-state index in [4.69, 9.17) is 21.3 Å². The van der Waals surface area contributed by atoms with Crippen molar-refractivity contribution >= 4 is 28.5 Å². The van der Waals surface area contributed by atoms with Gasteiger partial charge in [0.15, 0.2) is 0 Å². The molecule has 0 unspecified atom stereocenters. The van der Waals surface area contributed by atoms with Crippen molar-refractivity contribution in [2.24, 2.45) is 5.92 Å². The van der Waals surface area contributed by atoms with Gasteiger partial charge in [0.1, 0.15) is 11.6 Å². The Balaban J connectivity index is 1.20. The third-order valence-corrected chi connectivity index (χ3v) is 7.68. The summed E-state index contributed by atoms with van der Waals surface area (Å²) in [6.45, 7) is 4.42. The normalized spacial score (nSPS) is 14.3. The van der Waals surface area contributed by atoms with Gasteiger partial charge in [0.05, 0.1) is 17.6 Å². The summed E-state index contributed by atoms with van der Waals surface area (Å²) in [5.74, 6) is 2.56. The molecule has 0 bridgehead atoms. The van der Waals surface area contributed by atoms with E-state index < -0.39 is 0 Å². The summed E-state index contributed by atoms with van der Waals surface area (Å²) < 4.78 is 8.30. The third-order valence-electron chi connectivity index (χ3n) is 7.26. The lowest BCUT2D eigenvalue weighted by atomic mass is 9.89. The second-order valence-electron chi connectivity index (χ2n) is 10.1. The number of benzene rings is 2. The van der Waals surface area contributed by atoms with Crippen LogP contribution in [-0.2, 0) is 17.8 Å². The maximum Gasteiger partial charge on any atom is 0.223 e. The maximum atomic E-state index is 12.3. The van der Waals surface area contributed by atoms with E-state index in [1.807, 2.05) is 25.1 Å². The van der Waals surface area contributed by atoms with Crippen molar-refractivity contribution in [1.29, 1.82) is 0 Å². The number of fused-ring (bicyclic) bond motifs is 1. The number of carbonyl (C=O) groups is 1. The van der Waals surface area contributed by atoms with Crippen LogP contribution in [-0.4, -0.2) is 28.6 Å². The van der Waals surface area contributed by atoms with Crippen LogP contribution < -0.4 is 10.1 Å². The molecule has 1 aliphatic carbocycles. The Morgan fingerprint density at radius 3 is 2.72 bits per heavy atom. The number of unbranched alkanes of at least 4 members (excludes halogenated alkanes) is 3. The van der Waals surface area contributed by atoms with Crippen molar-refractivity contribution in [2.75, 3.05) is 13.2 Å². The standard InChI is InChI=1S/C30H40ClN3O2/c1-23-22-25(17-18-26(23)31)36-21-11-10-20-34-28-15-8-7-14-27(28)33-29(34)16-6-3-9-19-32-30(35)24-12-4-2-5-13-24/h7-8,14-15,17-18,22,24H,2-6,9-13,16,19-21H2,1H3,(H,32,35). The number of hydrogen-bond donors (Lipinski definition) is 1. The Kier molecular flexibility index (Phi) is 10.1. The van der Waals surface area contributed by atoms with Gasteiger partial charge in [0.25, 0.3) is 0 Å². The van der Waals surface area contributed by atoms with Crippen LogP contribution in [0.15, 0.2) is 42.5 Å². The van der Waals surface area contributed by atoms with Crippen molar-refractivity contribution in [3.63, 3.8) is 0 Å². The zero-order valence-corrected chi connectivity index (χ0v) is 22.4. The molecule has 4 rings (SSSR count). The van der Waals surface area contributed by atoms with Gasteiger partial charge >= 0.3 is 0 Å². The highest BCUT2D eigenvalue weighted by Gasteiger charge is 2.20. The average Bonchev–Trinajstić information content (AvgIpc) is 3.25. The number of para-hydroxylation sites is 2. The minimum atomic E-state index is 0.249. The summed E-state index contributed by atoms with van der Waals surface area (Å²) in [5.41, 5.74) is 3.32. The maximum absolute atomic E-state index is 12.3. The highest BCUT2D eigenvalue weighted by Crippen LogP contribution is 2.24. The SMILES string of the molecule is Cc1cc(OCCCCn2c(CCCCCNC(=O)C3CCCCC3)nc3ccccc32)ccc1Cl. The number of nitrogens with one attached hydrogen (secondary N) is 1. The summed E-state index contributed by atoms with van der Waals surface area (Å²) in [7, 11) is 0. The molecule has 0 saturated heterocycles. The molecule has 1 fully saturated rings. The molecule has 1 N–H and O–H groups in total. The Morgan fingerprint density at radius 1 is 1.06 bits per heavy atom. The minimum Gasteiger partial charge on any atom is -0.494 e. The van der Waals surface area contributed by atoms with Gasteiger partial charge in [-0.1, -0.05) is 49.4 Å². The van der Waals surface area contributed by atoms with Crippen LogP contribution in [0.2, 0.25) is 5.02 Å². The number of aromatic nitrogens is 2. The summed E-state index contributed by atoms with van der Waals surface area (Å²) in [6.07, 6.45) is 12.0. The lowest BCUT2D eigenvalue weighted by molar-refractivity contribution is -0.125. The number of hydrogen-bond acceptors (Lipinski definition) is 3. The fraction of sp³-hybridized carbons (Fsp3) is 0.533. The van der Waals surface area contributed by atoms with E-state index in [2.05, 4.69) is 34.1 Å². The first-order valence-electron chi connectivity index (χ1n) is 13.7. The van der Waals surface area contributed by atoms with Crippen molar-refractivity contribution in [3.05, 3.63) is 58.9 Å². The molecule has 1 amide bonds. The molecule has 36 heavy (non-hydrogen) atoms. The number of rotatable bonds is 13. The number of halogens is 1. The number of imidazole rings is 1. The number of ether oxygens (including phenoxy) is 1. The first kappa shape index (κ1) is 26.5. The molecule has 1 aliphatic rings. The molecule has 0 aliphatic heterocycles. The zero-order valence-electron chi connectivity index (χ0n) is 21.6. The van der Waals surface area contributed by atoms with Crippen LogP contribution >= 0.6 is 11.6 Å². The van der Waals surface area contributed by atoms with Gasteiger partial charge in [-0.15, -0.1) is 0 Å². The lowest BCUT2D eigenvalue weighted by Crippen LogP contribution is -2.32. The van der Waals surface area contributed by atoms with Crippen LogP contribution in [0.25, 0.3) is 11.0 Å². The van der Waals surface area contributed by atoms with Gasteiger partial charge in [-0.05, 0) is 81.3 Å². The Morgan fingerprint density at radius 2 is 1.89 bits per heavy atom. The first-order chi connectivity index (χ1) is 17.6. The molecule has 2 aromatic carbocycles. The van der Waals surface area contributed by atoms with E-state index in [1.165, 1.54) is 24.8 Å². The smallest absolute Gasteiger partial charge is 0.223 e. The fourth-order valence-corrected chi connectivity index (χ4v) is 5.26. The molecule has 1 heterocycles. The Labute approximate surface area is 220 Å². The summed E-state index contributed by atoms with van der Waals surface area (Å²) in [5, 5.41) is 3.93. The molecule has 3 aromatic rings. The van der Waals surface area contributed by atoms with Gasteiger partial charge in [0.2, 0.25) is 5.91 Å². The van der Waals surface area contributed by atoms with E-state index in [1.54, 1.807) is 0 Å². The highest BCUT2D eigenvalue weighted by atomic mass is 35.5. The minimum absolute atomic E-state index is 0.249. The predicted molar refractivity (Wildman–Crippen MR) is 148 cm³/mol. The Bertz CT molecular complexity index is 1120. The second-order valence-corrected chi connectivity index (χ2v) is 10.5. The largest absolute Gasteiger partial charge is 0.494 e. The molecule has 0 spiro atoms. The average molecular weight is 510 g/mol. The number of aryl methyl sites for hydroxylation is 3. The monoisotopic (exact) mass is 509 g/mol.